The molecule has 0 fully saturated rings. The van der Waals surface area contributed by atoms with Gasteiger partial charge >= 0.3 is 0 Å². The van der Waals surface area contributed by atoms with Gasteiger partial charge in [0.2, 0.25) is 5.96 Å². The van der Waals surface area contributed by atoms with E-state index in [9.17, 15) is 4.79 Å². The summed E-state index contributed by atoms with van der Waals surface area (Å²) in [5, 5.41) is 10.7. The van der Waals surface area contributed by atoms with Crippen LogP contribution in [0.4, 0.5) is 5.69 Å². The summed E-state index contributed by atoms with van der Waals surface area (Å²) >= 11 is 3.44. The Hall–Kier alpha value is -2.93. The van der Waals surface area contributed by atoms with Crippen LogP contribution in [0.3, 0.4) is 0 Å². The van der Waals surface area contributed by atoms with Gasteiger partial charge in [0.1, 0.15) is 0 Å². The molecule has 0 spiro atoms. The number of carbonyl (C=O) groups is 1. The van der Waals surface area contributed by atoms with Crippen molar-refractivity contribution in [2.45, 2.75) is 34.2 Å². The number of hydrogen-bond acceptors (Lipinski definition) is 3. The van der Waals surface area contributed by atoms with E-state index in [0.29, 0.717) is 18.1 Å². The number of guanidine groups is 1. The number of nitrogens with zero attached hydrogens (tertiary/aromatic N) is 3. The van der Waals surface area contributed by atoms with Crippen molar-refractivity contribution in [1.29, 1.82) is 0 Å². The molecule has 2 aromatic carbocycles. The molecule has 1 amide bonds. The molecule has 1 heterocycles. The molecule has 2 N–H and O–H groups in total. The zero-order chi connectivity index (χ0) is 21.8. The highest BCUT2D eigenvalue weighted by molar-refractivity contribution is 9.10. The van der Waals surface area contributed by atoms with E-state index in [4.69, 9.17) is 0 Å². The number of rotatable bonds is 4. The maximum absolute atomic E-state index is 12.9. The minimum absolute atomic E-state index is 0.238. The maximum Gasteiger partial charge on any atom is 0.259 e. The quantitative estimate of drug-likeness (QED) is 0.426. The Morgan fingerprint density at radius 3 is 2.50 bits per heavy atom. The number of halogens is 1. The van der Waals surface area contributed by atoms with Crippen molar-refractivity contribution >= 4 is 33.5 Å². The van der Waals surface area contributed by atoms with E-state index in [1.165, 1.54) is 5.56 Å². The second kappa shape index (κ2) is 9.26. The SMILES string of the molecule is Cc1ccc(NC(=NCc2c(C)nn(C)c2C)NC(=O)c2ccccc2Br)c(C)c1. The predicted octanol–water partition coefficient (Wildman–Crippen LogP) is 4.81. The predicted molar refractivity (Wildman–Crippen MR) is 125 cm³/mol. The van der Waals surface area contributed by atoms with Crippen LogP contribution < -0.4 is 10.6 Å². The molecular formula is C23H26BrN5O. The minimum atomic E-state index is -0.238. The number of anilines is 1. The van der Waals surface area contributed by atoms with Crippen molar-refractivity contribution in [1.82, 2.24) is 15.1 Å². The zero-order valence-corrected chi connectivity index (χ0v) is 19.5. The molecule has 0 radical (unpaired) electrons. The molecule has 0 aliphatic heterocycles. The summed E-state index contributed by atoms with van der Waals surface area (Å²) in [5.41, 5.74) is 6.73. The third kappa shape index (κ3) is 4.97. The molecule has 3 rings (SSSR count). The average Bonchev–Trinajstić information content (AvgIpc) is 2.93. The minimum Gasteiger partial charge on any atom is -0.326 e. The van der Waals surface area contributed by atoms with Gasteiger partial charge < -0.3 is 5.32 Å². The van der Waals surface area contributed by atoms with Crippen molar-refractivity contribution in [3.05, 3.63) is 80.6 Å². The highest BCUT2D eigenvalue weighted by atomic mass is 79.9. The van der Waals surface area contributed by atoms with Crippen molar-refractivity contribution in [3.8, 4) is 0 Å². The largest absolute Gasteiger partial charge is 0.326 e. The van der Waals surface area contributed by atoms with Crippen LogP contribution in [-0.4, -0.2) is 21.6 Å². The monoisotopic (exact) mass is 467 g/mol. The van der Waals surface area contributed by atoms with E-state index < -0.39 is 0 Å². The molecule has 6 nitrogen and oxygen atoms in total. The third-order valence-corrected chi connectivity index (χ3v) is 5.73. The molecular weight excluding hydrogens is 442 g/mol. The van der Waals surface area contributed by atoms with Crippen molar-refractivity contribution < 1.29 is 4.79 Å². The van der Waals surface area contributed by atoms with Crippen LogP contribution in [0.2, 0.25) is 0 Å². The van der Waals surface area contributed by atoms with Gasteiger partial charge in [-0.2, -0.15) is 5.10 Å². The average molecular weight is 468 g/mol. The Labute approximate surface area is 185 Å². The molecule has 3 aromatic rings. The van der Waals surface area contributed by atoms with Crippen LogP contribution in [-0.2, 0) is 13.6 Å². The number of amides is 1. The number of benzene rings is 2. The first kappa shape index (κ1) is 21.8. The van der Waals surface area contributed by atoms with Crippen LogP contribution in [0.1, 0.15) is 38.4 Å². The second-order valence-electron chi connectivity index (χ2n) is 7.32. The topological polar surface area (TPSA) is 71.3 Å². The van der Waals surface area contributed by atoms with Gasteiger partial charge in [0.15, 0.2) is 0 Å². The molecule has 7 heteroatoms. The summed E-state index contributed by atoms with van der Waals surface area (Å²) in [6.45, 7) is 8.47. The fourth-order valence-electron chi connectivity index (χ4n) is 3.22. The highest BCUT2D eigenvalue weighted by Gasteiger charge is 2.14. The summed E-state index contributed by atoms with van der Waals surface area (Å²) in [6, 6.07) is 13.4. The van der Waals surface area contributed by atoms with Crippen molar-refractivity contribution in [3.63, 3.8) is 0 Å². The van der Waals surface area contributed by atoms with Crippen LogP contribution in [0.15, 0.2) is 51.9 Å². The Morgan fingerprint density at radius 2 is 1.87 bits per heavy atom. The highest BCUT2D eigenvalue weighted by Crippen LogP contribution is 2.18. The molecule has 0 saturated carbocycles. The first-order chi connectivity index (χ1) is 14.3. The van der Waals surface area contributed by atoms with E-state index in [1.807, 2.05) is 62.8 Å². The molecule has 0 saturated heterocycles. The van der Waals surface area contributed by atoms with E-state index in [-0.39, 0.29) is 5.91 Å². The lowest BCUT2D eigenvalue weighted by molar-refractivity contribution is 0.0976. The number of carbonyl (C=O) groups excluding carboxylic acids is 1. The summed E-state index contributed by atoms with van der Waals surface area (Å²) in [7, 11) is 1.92. The molecule has 1 aromatic heterocycles. The van der Waals surface area contributed by atoms with E-state index in [2.05, 4.69) is 49.6 Å². The van der Waals surface area contributed by atoms with Gasteiger partial charge in [-0.1, -0.05) is 29.8 Å². The molecule has 156 valence electrons. The molecule has 0 aliphatic rings. The smallest absolute Gasteiger partial charge is 0.259 e. The Morgan fingerprint density at radius 1 is 1.13 bits per heavy atom. The van der Waals surface area contributed by atoms with Gasteiger partial charge in [0, 0.05) is 28.5 Å². The van der Waals surface area contributed by atoms with Crippen LogP contribution in [0.5, 0.6) is 0 Å². The van der Waals surface area contributed by atoms with Gasteiger partial charge in [-0.3, -0.25) is 14.8 Å². The summed E-state index contributed by atoms with van der Waals surface area (Å²) in [5.74, 6) is 0.156. The first-order valence-electron chi connectivity index (χ1n) is 9.70. The summed E-state index contributed by atoms with van der Waals surface area (Å²) < 4.78 is 2.57. The zero-order valence-electron chi connectivity index (χ0n) is 17.9. The van der Waals surface area contributed by atoms with Crippen molar-refractivity contribution in [2.75, 3.05) is 5.32 Å². The van der Waals surface area contributed by atoms with Gasteiger partial charge in [0.05, 0.1) is 17.8 Å². The number of hydrogen-bond donors (Lipinski definition) is 2. The summed E-state index contributed by atoms with van der Waals surface area (Å²) in [6.07, 6.45) is 0. The number of aliphatic imine (C=N–C) groups is 1. The molecule has 0 atom stereocenters. The van der Waals surface area contributed by atoms with Crippen molar-refractivity contribution in [2.24, 2.45) is 12.0 Å². The number of aromatic nitrogens is 2. The Bertz CT molecular complexity index is 1120. The number of nitrogens with one attached hydrogen (secondary N) is 2. The lowest BCUT2D eigenvalue weighted by Gasteiger charge is -2.15. The fraction of sp³-hybridized carbons (Fsp3) is 0.261. The Kier molecular flexibility index (Phi) is 6.72. The lowest BCUT2D eigenvalue weighted by Crippen LogP contribution is -2.36. The van der Waals surface area contributed by atoms with Crippen LogP contribution in [0.25, 0.3) is 0 Å². The van der Waals surface area contributed by atoms with Crippen LogP contribution in [0, 0.1) is 27.7 Å². The van der Waals surface area contributed by atoms with Gasteiger partial charge in [-0.15, -0.1) is 0 Å². The second-order valence-corrected chi connectivity index (χ2v) is 8.17. The maximum atomic E-state index is 12.9. The first-order valence-corrected chi connectivity index (χ1v) is 10.5. The van der Waals surface area contributed by atoms with E-state index in [1.54, 1.807) is 6.07 Å². The van der Waals surface area contributed by atoms with Gasteiger partial charge in [-0.25, -0.2) is 4.99 Å². The Balaban J connectivity index is 1.91. The number of aryl methyl sites for hydroxylation is 4. The van der Waals surface area contributed by atoms with Gasteiger partial charge in [-0.05, 0) is 67.4 Å². The van der Waals surface area contributed by atoms with E-state index in [0.717, 1.165) is 32.7 Å². The molecule has 0 unspecified atom stereocenters. The normalized spacial score (nSPS) is 11.5. The lowest BCUT2D eigenvalue weighted by atomic mass is 10.1. The molecule has 0 aliphatic carbocycles. The third-order valence-electron chi connectivity index (χ3n) is 5.04. The molecule has 0 bridgehead atoms. The fourth-order valence-corrected chi connectivity index (χ4v) is 3.68. The standard InChI is InChI=1S/C23H26BrN5O/c1-14-10-11-21(15(2)12-14)26-23(25-13-19-16(3)28-29(5)17(19)4)27-22(30)18-8-6-7-9-20(18)24/h6-12H,13H2,1-5H3,(H2,25,26,27,30). The van der Waals surface area contributed by atoms with Gasteiger partial charge in [0.25, 0.3) is 5.91 Å². The van der Waals surface area contributed by atoms with E-state index >= 15 is 0 Å². The molecule has 30 heavy (non-hydrogen) atoms. The summed E-state index contributed by atoms with van der Waals surface area (Å²) in [4.78, 5) is 17.6. The van der Waals surface area contributed by atoms with Crippen LogP contribution >= 0.6 is 15.9 Å².